The van der Waals surface area contributed by atoms with Gasteiger partial charge in [-0.3, -0.25) is 4.79 Å². The Kier molecular flexibility index (Phi) is 5.75. The summed E-state index contributed by atoms with van der Waals surface area (Å²) in [6, 6.07) is 12.8. The number of carbonyl (C=O) groups is 1. The first-order valence-electron chi connectivity index (χ1n) is 7.82. The molecule has 1 heterocycles. The minimum absolute atomic E-state index is 0.166. The van der Waals surface area contributed by atoms with E-state index in [0.29, 0.717) is 21.7 Å². The highest BCUT2D eigenvalue weighted by Gasteiger charge is 2.13. The maximum atomic E-state index is 12.2. The Morgan fingerprint density at radius 1 is 1.19 bits per heavy atom. The summed E-state index contributed by atoms with van der Waals surface area (Å²) in [7, 11) is 3.20. The molecule has 0 spiro atoms. The van der Waals surface area contributed by atoms with Gasteiger partial charge in [-0.05, 0) is 23.8 Å². The van der Waals surface area contributed by atoms with Crippen molar-refractivity contribution in [3.8, 4) is 22.8 Å². The van der Waals surface area contributed by atoms with Crippen LogP contribution in [0.5, 0.6) is 11.5 Å². The molecule has 1 N–H and O–H groups in total. The summed E-state index contributed by atoms with van der Waals surface area (Å²) < 4.78 is 10.6. The molecule has 0 saturated carbocycles. The first-order chi connectivity index (χ1) is 12.6. The Morgan fingerprint density at radius 3 is 2.73 bits per heavy atom. The van der Waals surface area contributed by atoms with Crippen molar-refractivity contribution in [1.29, 1.82) is 0 Å². The van der Waals surface area contributed by atoms with Crippen molar-refractivity contribution in [1.82, 2.24) is 4.98 Å². The Labute approximate surface area is 160 Å². The Balaban J connectivity index is 1.74. The van der Waals surface area contributed by atoms with Gasteiger partial charge in [0.25, 0.3) is 0 Å². The molecule has 5 nitrogen and oxygen atoms in total. The van der Waals surface area contributed by atoms with E-state index in [-0.39, 0.29) is 12.3 Å². The molecule has 134 valence electrons. The van der Waals surface area contributed by atoms with Crippen molar-refractivity contribution in [3.05, 3.63) is 58.4 Å². The number of benzene rings is 2. The lowest BCUT2D eigenvalue weighted by Gasteiger charge is -2.08. The fraction of sp³-hybridized carbons (Fsp3) is 0.158. The third-order valence-electron chi connectivity index (χ3n) is 3.74. The first kappa shape index (κ1) is 18.2. The van der Waals surface area contributed by atoms with Crippen LogP contribution in [-0.4, -0.2) is 25.1 Å². The number of aromatic nitrogens is 1. The molecule has 3 aromatic rings. The lowest BCUT2D eigenvalue weighted by molar-refractivity contribution is -0.115. The number of hydrogen-bond donors (Lipinski definition) is 1. The summed E-state index contributed by atoms with van der Waals surface area (Å²) in [5.41, 5.74) is 2.33. The van der Waals surface area contributed by atoms with E-state index in [1.54, 1.807) is 26.4 Å². The SMILES string of the molecule is COc1ccc(-c2csc(NC(=O)Cc3ccccc3Cl)n2)c(OC)c1. The van der Waals surface area contributed by atoms with E-state index in [1.165, 1.54) is 11.3 Å². The average Bonchev–Trinajstić information content (AvgIpc) is 3.11. The van der Waals surface area contributed by atoms with Crippen molar-refractivity contribution in [2.75, 3.05) is 19.5 Å². The second-order valence-corrected chi connectivity index (χ2v) is 6.69. The Hall–Kier alpha value is -2.57. The number of amides is 1. The van der Waals surface area contributed by atoms with E-state index in [2.05, 4.69) is 10.3 Å². The minimum Gasteiger partial charge on any atom is -0.497 e. The number of anilines is 1. The van der Waals surface area contributed by atoms with Crippen molar-refractivity contribution in [2.24, 2.45) is 0 Å². The quantitative estimate of drug-likeness (QED) is 0.667. The van der Waals surface area contributed by atoms with Gasteiger partial charge in [0.05, 0.1) is 26.3 Å². The van der Waals surface area contributed by atoms with Crippen molar-refractivity contribution < 1.29 is 14.3 Å². The molecule has 7 heteroatoms. The number of methoxy groups -OCH3 is 2. The molecule has 0 saturated heterocycles. The van der Waals surface area contributed by atoms with Crippen LogP contribution in [0.2, 0.25) is 5.02 Å². The maximum Gasteiger partial charge on any atom is 0.230 e. The van der Waals surface area contributed by atoms with E-state index in [0.717, 1.165) is 16.8 Å². The molecule has 0 atom stereocenters. The predicted octanol–water partition coefficient (Wildman–Crippen LogP) is 4.66. The molecule has 0 aliphatic heterocycles. The molecule has 0 radical (unpaired) electrons. The zero-order valence-electron chi connectivity index (χ0n) is 14.3. The average molecular weight is 389 g/mol. The predicted molar refractivity (Wildman–Crippen MR) is 104 cm³/mol. The van der Waals surface area contributed by atoms with Crippen molar-refractivity contribution in [2.45, 2.75) is 6.42 Å². The van der Waals surface area contributed by atoms with Gasteiger partial charge in [-0.2, -0.15) is 0 Å². The number of hydrogen-bond acceptors (Lipinski definition) is 5. The zero-order chi connectivity index (χ0) is 18.5. The standard InChI is InChI=1S/C19H17ClN2O3S/c1-24-13-7-8-14(17(10-13)25-2)16-11-26-19(21-16)22-18(23)9-12-5-3-4-6-15(12)20/h3-8,10-11H,9H2,1-2H3,(H,21,22,23). The monoisotopic (exact) mass is 388 g/mol. The summed E-state index contributed by atoms with van der Waals surface area (Å²) in [6.45, 7) is 0. The molecule has 3 rings (SSSR count). The molecular weight excluding hydrogens is 372 g/mol. The molecule has 0 fully saturated rings. The summed E-state index contributed by atoms with van der Waals surface area (Å²) in [6.07, 6.45) is 0.195. The van der Waals surface area contributed by atoms with Gasteiger partial charge in [0, 0.05) is 22.0 Å². The molecular formula is C19H17ClN2O3S. The third kappa shape index (κ3) is 4.15. The lowest BCUT2D eigenvalue weighted by atomic mass is 10.1. The second-order valence-electron chi connectivity index (χ2n) is 5.42. The molecule has 2 aromatic carbocycles. The van der Waals surface area contributed by atoms with Gasteiger partial charge >= 0.3 is 0 Å². The molecule has 0 unspecified atom stereocenters. The topological polar surface area (TPSA) is 60.5 Å². The van der Waals surface area contributed by atoms with E-state index in [4.69, 9.17) is 21.1 Å². The number of nitrogens with one attached hydrogen (secondary N) is 1. The molecule has 0 aliphatic carbocycles. The summed E-state index contributed by atoms with van der Waals surface area (Å²) in [5.74, 6) is 1.19. The van der Waals surface area contributed by atoms with E-state index < -0.39 is 0 Å². The normalized spacial score (nSPS) is 10.4. The Bertz CT molecular complexity index is 927. The zero-order valence-corrected chi connectivity index (χ0v) is 15.9. The fourth-order valence-electron chi connectivity index (χ4n) is 2.44. The van der Waals surface area contributed by atoms with Gasteiger partial charge in [-0.15, -0.1) is 11.3 Å². The van der Waals surface area contributed by atoms with Gasteiger partial charge in [-0.1, -0.05) is 29.8 Å². The third-order valence-corrected chi connectivity index (χ3v) is 4.87. The van der Waals surface area contributed by atoms with Crippen LogP contribution in [-0.2, 0) is 11.2 Å². The number of thiazole rings is 1. The van der Waals surface area contributed by atoms with Gasteiger partial charge in [-0.25, -0.2) is 4.98 Å². The van der Waals surface area contributed by atoms with Crippen molar-refractivity contribution in [3.63, 3.8) is 0 Å². The molecule has 26 heavy (non-hydrogen) atoms. The fourth-order valence-corrected chi connectivity index (χ4v) is 3.37. The lowest BCUT2D eigenvalue weighted by Crippen LogP contribution is -2.14. The Morgan fingerprint density at radius 2 is 2.00 bits per heavy atom. The number of rotatable bonds is 6. The van der Waals surface area contributed by atoms with Gasteiger partial charge in [0.15, 0.2) is 5.13 Å². The highest BCUT2D eigenvalue weighted by molar-refractivity contribution is 7.14. The smallest absolute Gasteiger partial charge is 0.230 e. The van der Waals surface area contributed by atoms with Crippen LogP contribution >= 0.6 is 22.9 Å². The highest BCUT2D eigenvalue weighted by Crippen LogP contribution is 2.34. The number of halogens is 1. The first-order valence-corrected chi connectivity index (χ1v) is 9.07. The highest BCUT2D eigenvalue weighted by atomic mass is 35.5. The second kappa shape index (κ2) is 8.21. The number of nitrogens with zero attached hydrogens (tertiary/aromatic N) is 1. The van der Waals surface area contributed by atoms with E-state index in [9.17, 15) is 4.79 Å². The largest absolute Gasteiger partial charge is 0.497 e. The molecule has 0 bridgehead atoms. The summed E-state index contributed by atoms with van der Waals surface area (Å²) >= 11 is 7.45. The molecule has 0 aliphatic rings. The summed E-state index contributed by atoms with van der Waals surface area (Å²) in [5, 5.41) is 5.78. The van der Waals surface area contributed by atoms with Gasteiger partial charge in [0.2, 0.25) is 5.91 Å². The molecule has 1 aromatic heterocycles. The van der Waals surface area contributed by atoms with Crippen LogP contribution in [0.4, 0.5) is 5.13 Å². The van der Waals surface area contributed by atoms with Crippen LogP contribution < -0.4 is 14.8 Å². The summed E-state index contributed by atoms with van der Waals surface area (Å²) in [4.78, 5) is 16.7. The minimum atomic E-state index is -0.166. The van der Waals surface area contributed by atoms with Crippen LogP contribution in [0, 0.1) is 0 Å². The van der Waals surface area contributed by atoms with Crippen LogP contribution in [0.15, 0.2) is 47.8 Å². The number of ether oxygens (including phenoxy) is 2. The van der Waals surface area contributed by atoms with Gasteiger partial charge < -0.3 is 14.8 Å². The van der Waals surface area contributed by atoms with E-state index in [1.807, 2.05) is 35.7 Å². The number of carbonyl (C=O) groups excluding carboxylic acids is 1. The van der Waals surface area contributed by atoms with Gasteiger partial charge in [0.1, 0.15) is 11.5 Å². The molecule has 1 amide bonds. The van der Waals surface area contributed by atoms with E-state index >= 15 is 0 Å². The van der Waals surface area contributed by atoms with Crippen LogP contribution in [0.3, 0.4) is 0 Å². The van der Waals surface area contributed by atoms with Crippen LogP contribution in [0.25, 0.3) is 11.3 Å². The maximum absolute atomic E-state index is 12.2. The van der Waals surface area contributed by atoms with Crippen LogP contribution in [0.1, 0.15) is 5.56 Å². The van der Waals surface area contributed by atoms with Crippen molar-refractivity contribution >= 4 is 34.0 Å².